The molecule has 1 aromatic carbocycles. The van der Waals surface area contributed by atoms with Crippen LogP contribution in [0.25, 0.3) is 0 Å². The van der Waals surface area contributed by atoms with E-state index in [1.165, 1.54) is 21.4 Å². The topological polar surface area (TPSA) is 0 Å². The molecule has 0 amide bonds. The maximum atomic E-state index is 13.8. The summed E-state index contributed by atoms with van der Waals surface area (Å²) in [5.74, 6) is -0.815. The summed E-state index contributed by atoms with van der Waals surface area (Å²) in [5, 5.41) is 0. The third kappa shape index (κ3) is 2.72. The van der Waals surface area contributed by atoms with Crippen LogP contribution in [-0.4, -0.2) is 0 Å². The van der Waals surface area contributed by atoms with Crippen molar-refractivity contribution in [2.24, 2.45) is 0 Å². The molecule has 0 spiro atoms. The van der Waals surface area contributed by atoms with Crippen molar-refractivity contribution in [3.05, 3.63) is 35.1 Å². The molecule has 0 heterocycles. The van der Waals surface area contributed by atoms with Gasteiger partial charge in [0.05, 0.1) is 5.56 Å². The molecule has 0 saturated carbocycles. The number of hydrogen-bond donors (Lipinski definition) is 0. The fourth-order valence-electron chi connectivity index (χ4n) is 1.37. The van der Waals surface area contributed by atoms with E-state index in [2.05, 4.69) is 0 Å². The van der Waals surface area contributed by atoms with Gasteiger partial charge >= 0.3 is 0 Å². The Morgan fingerprint density at radius 2 is 1.53 bits per heavy atom. The standard InChI is InChI=1S/C11H14F3P/c1-10(2,3)7-5-4-6-8(9(7)12)11(13,14)15/h4-6H,15H2,1-3H3. The summed E-state index contributed by atoms with van der Waals surface area (Å²) in [7, 11) is 1.35. The number of benzene rings is 1. The molecule has 1 atom stereocenters. The summed E-state index contributed by atoms with van der Waals surface area (Å²) < 4.78 is 39.8. The molecule has 1 unspecified atom stereocenters. The molecule has 0 N–H and O–H groups in total. The lowest BCUT2D eigenvalue weighted by atomic mass is 9.85. The van der Waals surface area contributed by atoms with Crippen molar-refractivity contribution in [1.82, 2.24) is 0 Å². The minimum absolute atomic E-state index is 0.308. The second kappa shape index (κ2) is 3.79. The first-order valence-corrected chi connectivity index (χ1v) is 5.18. The lowest BCUT2D eigenvalue weighted by Crippen LogP contribution is -2.17. The van der Waals surface area contributed by atoms with Gasteiger partial charge in [0.25, 0.3) is 5.66 Å². The Hall–Kier alpha value is -0.560. The summed E-state index contributed by atoms with van der Waals surface area (Å²) in [5.41, 5.74) is -3.96. The molecule has 0 fully saturated rings. The summed E-state index contributed by atoms with van der Waals surface area (Å²) in [4.78, 5) is 0. The van der Waals surface area contributed by atoms with Crippen molar-refractivity contribution in [2.45, 2.75) is 31.8 Å². The third-order valence-corrected chi connectivity index (χ3v) is 2.48. The normalized spacial score (nSPS) is 13.0. The zero-order valence-electron chi connectivity index (χ0n) is 8.94. The zero-order valence-corrected chi connectivity index (χ0v) is 10.1. The second-order valence-corrected chi connectivity index (χ2v) is 5.27. The third-order valence-electron chi connectivity index (χ3n) is 2.17. The molecule has 15 heavy (non-hydrogen) atoms. The SMILES string of the molecule is CC(C)(C)c1cccc(C(F)(F)P)c1F. The Balaban J connectivity index is 3.37. The largest absolute Gasteiger partial charge is 0.286 e. The van der Waals surface area contributed by atoms with Crippen LogP contribution in [0.3, 0.4) is 0 Å². The number of alkyl halides is 2. The fraction of sp³-hybridized carbons (Fsp3) is 0.455. The van der Waals surface area contributed by atoms with Gasteiger partial charge in [0.1, 0.15) is 5.82 Å². The van der Waals surface area contributed by atoms with E-state index >= 15 is 0 Å². The van der Waals surface area contributed by atoms with Crippen LogP contribution in [0.4, 0.5) is 13.2 Å². The first-order chi connectivity index (χ1) is 6.64. The molecule has 0 saturated heterocycles. The molecular formula is C11H14F3P. The van der Waals surface area contributed by atoms with Gasteiger partial charge < -0.3 is 0 Å². The maximum Gasteiger partial charge on any atom is 0.286 e. The lowest BCUT2D eigenvalue weighted by Gasteiger charge is -2.22. The monoisotopic (exact) mass is 234 g/mol. The molecule has 0 bridgehead atoms. The van der Waals surface area contributed by atoms with Crippen LogP contribution < -0.4 is 0 Å². The molecule has 4 heteroatoms. The fourth-order valence-corrected chi connectivity index (χ4v) is 1.59. The van der Waals surface area contributed by atoms with Crippen LogP contribution in [0, 0.1) is 5.82 Å². The average Bonchev–Trinajstić information content (AvgIpc) is 1.99. The van der Waals surface area contributed by atoms with Gasteiger partial charge in [-0.1, -0.05) is 42.1 Å². The molecule has 1 rings (SSSR count). The van der Waals surface area contributed by atoms with E-state index in [9.17, 15) is 13.2 Å². The first kappa shape index (κ1) is 12.5. The van der Waals surface area contributed by atoms with E-state index < -0.39 is 22.5 Å². The van der Waals surface area contributed by atoms with E-state index in [4.69, 9.17) is 0 Å². The van der Waals surface area contributed by atoms with Gasteiger partial charge in [-0.2, -0.15) is 8.78 Å². The van der Waals surface area contributed by atoms with E-state index in [0.29, 0.717) is 5.56 Å². The van der Waals surface area contributed by atoms with Gasteiger partial charge in [-0.25, -0.2) is 4.39 Å². The van der Waals surface area contributed by atoms with Gasteiger partial charge in [0.2, 0.25) is 0 Å². The van der Waals surface area contributed by atoms with E-state index in [-0.39, 0.29) is 0 Å². The molecule has 1 aromatic rings. The van der Waals surface area contributed by atoms with Gasteiger partial charge in [0, 0.05) is 0 Å². The average molecular weight is 234 g/mol. The molecule has 0 aliphatic carbocycles. The Kier molecular flexibility index (Phi) is 3.16. The highest BCUT2D eigenvalue weighted by Gasteiger charge is 2.31. The predicted molar refractivity (Wildman–Crippen MR) is 58.7 cm³/mol. The molecule has 0 aliphatic heterocycles. The molecule has 0 nitrogen and oxygen atoms in total. The van der Waals surface area contributed by atoms with Crippen molar-refractivity contribution >= 4 is 9.24 Å². The maximum absolute atomic E-state index is 13.8. The van der Waals surface area contributed by atoms with Gasteiger partial charge in [-0.05, 0) is 17.0 Å². The van der Waals surface area contributed by atoms with Crippen LogP contribution in [0.1, 0.15) is 31.9 Å². The Morgan fingerprint density at radius 1 is 1.07 bits per heavy atom. The quantitative estimate of drug-likeness (QED) is 0.643. The Morgan fingerprint density at radius 3 is 1.93 bits per heavy atom. The summed E-state index contributed by atoms with van der Waals surface area (Å²) >= 11 is 0. The number of hydrogen-bond acceptors (Lipinski definition) is 0. The highest BCUT2D eigenvalue weighted by Crippen LogP contribution is 2.39. The van der Waals surface area contributed by atoms with Crippen molar-refractivity contribution in [3.8, 4) is 0 Å². The summed E-state index contributed by atoms with van der Waals surface area (Å²) in [6, 6.07) is 4.10. The molecule has 0 radical (unpaired) electrons. The summed E-state index contributed by atoms with van der Waals surface area (Å²) in [6.45, 7) is 5.36. The van der Waals surface area contributed by atoms with Crippen molar-refractivity contribution in [2.75, 3.05) is 0 Å². The van der Waals surface area contributed by atoms with Crippen molar-refractivity contribution in [3.63, 3.8) is 0 Å². The molecular weight excluding hydrogens is 220 g/mol. The lowest BCUT2D eigenvalue weighted by molar-refractivity contribution is 0.0988. The molecule has 84 valence electrons. The van der Waals surface area contributed by atoms with Gasteiger partial charge in [-0.3, -0.25) is 0 Å². The number of rotatable bonds is 1. The zero-order chi connectivity index (χ0) is 11.9. The van der Waals surface area contributed by atoms with E-state index in [1.807, 2.05) is 0 Å². The summed E-state index contributed by atoms with van der Waals surface area (Å²) in [6.07, 6.45) is 0. The minimum Gasteiger partial charge on any atom is -0.206 e. The highest BCUT2D eigenvalue weighted by molar-refractivity contribution is 7.17. The van der Waals surface area contributed by atoms with Crippen LogP contribution in [0.2, 0.25) is 0 Å². The van der Waals surface area contributed by atoms with Crippen molar-refractivity contribution < 1.29 is 13.2 Å². The predicted octanol–water partition coefficient (Wildman–Crippen LogP) is 4.05. The van der Waals surface area contributed by atoms with E-state index in [0.717, 1.165) is 6.07 Å². The highest BCUT2D eigenvalue weighted by atomic mass is 31.0. The van der Waals surface area contributed by atoms with Crippen LogP contribution in [-0.2, 0) is 11.1 Å². The van der Waals surface area contributed by atoms with Crippen LogP contribution in [0.5, 0.6) is 0 Å². The van der Waals surface area contributed by atoms with E-state index in [1.54, 1.807) is 20.8 Å². The Labute approximate surface area is 90.1 Å². The number of halogens is 3. The smallest absolute Gasteiger partial charge is 0.206 e. The first-order valence-electron chi connectivity index (χ1n) is 4.60. The second-order valence-electron chi connectivity index (χ2n) is 4.54. The molecule has 0 aliphatic rings. The van der Waals surface area contributed by atoms with Gasteiger partial charge in [-0.15, -0.1) is 0 Å². The Bertz CT molecular complexity index is 329. The van der Waals surface area contributed by atoms with Crippen LogP contribution in [0.15, 0.2) is 18.2 Å². The van der Waals surface area contributed by atoms with Gasteiger partial charge in [0.15, 0.2) is 0 Å². The van der Waals surface area contributed by atoms with Crippen molar-refractivity contribution in [1.29, 1.82) is 0 Å². The minimum atomic E-state index is -3.22. The van der Waals surface area contributed by atoms with Crippen LogP contribution >= 0.6 is 9.24 Å². The molecule has 0 aromatic heterocycles.